The normalized spacial score (nSPS) is 16.6. The number of imidazole rings is 1. The predicted molar refractivity (Wildman–Crippen MR) is 223 cm³/mol. The van der Waals surface area contributed by atoms with E-state index in [-0.39, 0.29) is 47.9 Å². The zero-order chi connectivity index (χ0) is 42.2. The molecule has 3 aromatic carbocycles. The molecule has 9 rings (SSSR count). The molecule has 17 nitrogen and oxygen atoms in total. The predicted octanol–water partition coefficient (Wildman–Crippen LogP) is 3.19. The molecule has 2 fully saturated rings. The van der Waals surface area contributed by atoms with E-state index in [9.17, 15) is 28.8 Å². The molecule has 0 aliphatic carbocycles. The number of carbonyl (C=O) groups excluding carboxylic acids is 6. The lowest BCUT2D eigenvalue weighted by Crippen LogP contribution is -2.54. The van der Waals surface area contributed by atoms with Gasteiger partial charge in [0, 0.05) is 74.0 Å². The van der Waals surface area contributed by atoms with Crippen molar-refractivity contribution in [2.45, 2.75) is 32.2 Å². The molecule has 0 bridgehead atoms. The molecule has 3 N–H and O–H groups in total. The monoisotopic (exact) mass is 815 g/mol. The van der Waals surface area contributed by atoms with Crippen molar-refractivity contribution in [1.82, 2.24) is 39.7 Å². The number of anilines is 3. The number of aromatic nitrogens is 5. The van der Waals surface area contributed by atoms with E-state index in [1.165, 1.54) is 12.4 Å². The summed E-state index contributed by atoms with van der Waals surface area (Å²) in [5, 5.41) is 13.1. The van der Waals surface area contributed by atoms with Crippen molar-refractivity contribution in [2.75, 3.05) is 48.3 Å². The topological polar surface area (TPSA) is 204 Å². The lowest BCUT2D eigenvalue weighted by molar-refractivity contribution is -0.136. The summed E-state index contributed by atoms with van der Waals surface area (Å²) in [4.78, 5) is 95.9. The Morgan fingerprint density at radius 2 is 1.74 bits per heavy atom. The number of aryl methyl sites for hydroxylation is 1. The Hall–Kier alpha value is -7.84. The number of nitrogens with zero attached hydrogens (tertiary/aromatic N) is 8. The third kappa shape index (κ3) is 7.63. The van der Waals surface area contributed by atoms with E-state index in [0.717, 1.165) is 21.7 Å². The Morgan fingerprint density at radius 1 is 0.885 bits per heavy atom. The summed E-state index contributed by atoms with van der Waals surface area (Å²) in [5.41, 5.74) is 5.02. The number of hydrogen-bond acceptors (Lipinski definition) is 12. The third-order valence-corrected chi connectivity index (χ3v) is 11.0. The largest absolute Gasteiger partial charge is 0.353 e. The van der Waals surface area contributed by atoms with Crippen molar-refractivity contribution >= 4 is 69.2 Å². The number of piperazine rings is 1. The highest BCUT2D eigenvalue weighted by atomic mass is 16.2. The second-order valence-corrected chi connectivity index (χ2v) is 14.9. The summed E-state index contributed by atoms with van der Waals surface area (Å²) < 4.78 is 1.66. The van der Waals surface area contributed by atoms with Crippen molar-refractivity contribution in [3.05, 3.63) is 119 Å². The van der Waals surface area contributed by atoms with Crippen LogP contribution in [0.4, 0.5) is 17.2 Å². The molecule has 6 amide bonds. The summed E-state index contributed by atoms with van der Waals surface area (Å²) in [5.74, 6) is 3.97. The number of hydrogen-bond donors (Lipinski definition) is 3. The van der Waals surface area contributed by atoms with Crippen LogP contribution < -0.4 is 20.9 Å². The first-order valence-corrected chi connectivity index (χ1v) is 19.7. The summed E-state index contributed by atoms with van der Waals surface area (Å²) in [6.45, 7) is 5.04. The highest BCUT2D eigenvalue weighted by Gasteiger charge is 2.45. The van der Waals surface area contributed by atoms with Crippen molar-refractivity contribution in [3.8, 4) is 11.8 Å². The number of carbonyl (C=O) groups is 6. The summed E-state index contributed by atoms with van der Waals surface area (Å²) in [6.07, 6.45) is 5.04. The van der Waals surface area contributed by atoms with Gasteiger partial charge >= 0.3 is 0 Å². The molecule has 2 saturated heterocycles. The molecule has 304 valence electrons. The fraction of sp³-hybridized carbons (Fsp3) is 0.227. The number of fused-ring (bicyclic) bond motifs is 3. The smallest absolute Gasteiger partial charge is 0.264 e. The standard InChI is InChI=1S/C44H37N11O6/c1-26-7-8-28(22-27(26)9-11-30-24-45-36-6-3-16-48-55(30)36)41(58)49-29-10-12-31-34(23-29)46-25-47-40(31)53-20-18-52(19-21-53)17-15-38(57)50-33-5-2-4-32-39(33)44(61)54(43(32)60)35-13-14-37(56)51-42(35)59/h2-8,10,12,16,22-25,35H,13-15,17-21H2,1H3,(H,49,58)(H,50,57)(H,51,56,59). The molecule has 61 heavy (non-hydrogen) atoms. The summed E-state index contributed by atoms with van der Waals surface area (Å²) in [7, 11) is 0. The maximum Gasteiger partial charge on any atom is 0.264 e. The molecule has 6 aromatic rings. The van der Waals surface area contributed by atoms with E-state index >= 15 is 0 Å². The van der Waals surface area contributed by atoms with Gasteiger partial charge in [-0.15, -0.1) is 0 Å². The van der Waals surface area contributed by atoms with E-state index in [1.807, 2.05) is 43.3 Å². The van der Waals surface area contributed by atoms with Gasteiger partial charge in [0.2, 0.25) is 17.7 Å². The molecule has 3 aliphatic heterocycles. The number of imide groups is 2. The van der Waals surface area contributed by atoms with E-state index in [2.05, 4.69) is 57.6 Å². The van der Waals surface area contributed by atoms with Gasteiger partial charge in [0.15, 0.2) is 5.65 Å². The van der Waals surface area contributed by atoms with Gasteiger partial charge in [-0.2, -0.15) is 5.10 Å². The van der Waals surface area contributed by atoms with Gasteiger partial charge in [-0.05, 0) is 79.4 Å². The van der Waals surface area contributed by atoms with Gasteiger partial charge in [-0.1, -0.05) is 18.1 Å². The van der Waals surface area contributed by atoms with Crippen LogP contribution in [-0.2, 0) is 14.4 Å². The maximum absolute atomic E-state index is 13.4. The van der Waals surface area contributed by atoms with Crippen LogP contribution in [0, 0.1) is 18.8 Å². The van der Waals surface area contributed by atoms with Gasteiger partial charge in [0.05, 0.1) is 28.5 Å². The zero-order valence-electron chi connectivity index (χ0n) is 32.8. The fourth-order valence-electron chi connectivity index (χ4n) is 7.79. The molecule has 0 radical (unpaired) electrons. The molecule has 17 heteroatoms. The first-order chi connectivity index (χ1) is 29.6. The molecule has 3 aliphatic rings. The van der Waals surface area contributed by atoms with Gasteiger partial charge in [-0.3, -0.25) is 43.9 Å². The Morgan fingerprint density at radius 3 is 2.57 bits per heavy atom. The molecular weight excluding hydrogens is 779 g/mol. The SMILES string of the molecule is Cc1ccc(C(=O)Nc2ccc3c(N4CCN(CCC(=O)Nc5cccc6c5C(=O)N(C5CCC(=O)NC5=O)C6=O)CC4)ncnc3c2)cc1C#Cc1cnc2cccnn12. The second-order valence-electron chi connectivity index (χ2n) is 14.9. The Kier molecular flexibility index (Phi) is 10.2. The fourth-order valence-corrected chi connectivity index (χ4v) is 7.79. The Balaban J connectivity index is 0.796. The average molecular weight is 816 g/mol. The van der Waals surface area contributed by atoms with E-state index < -0.39 is 29.7 Å². The number of amides is 6. The van der Waals surface area contributed by atoms with Crippen molar-refractivity contribution in [1.29, 1.82) is 0 Å². The van der Waals surface area contributed by atoms with Gasteiger partial charge in [-0.25, -0.2) is 19.5 Å². The van der Waals surface area contributed by atoms with Crippen molar-refractivity contribution in [2.24, 2.45) is 0 Å². The highest BCUT2D eigenvalue weighted by molar-refractivity contribution is 6.26. The van der Waals surface area contributed by atoms with Crippen LogP contribution in [0.25, 0.3) is 16.6 Å². The number of rotatable bonds is 8. The molecule has 3 aromatic heterocycles. The van der Waals surface area contributed by atoms with E-state index in [1.54, 1.807) is 41.2 Å². The molecule has 1 atom stereocenters. The van der Waals surface area contributed by atoms with Gasteiger partial charge < -0.3 is 15.5 Å². The number of benzene rings is 3. The minimum atomic E-state index is -1.10. The zero-order valence-corrected chi connectivity index (χ0v) is 32.8. The van der Waals surface area contributed by atoms with E-state index in [0.29, 0.717) is 66.4 Å². The lowest BCUT2D eigenvalue weighted by Gasteiger charge is -2.35. The quantitative estimate of drug-likeness (QED) is 0.150. The third-order valence-electron chi connectivity index (χ3n) is 11.0. The first-order valence-electron chi connectivity index (χ1n) is 19.7. The lowest BCUT2D eigenvalue weighted by atomic mass is 10.0. The Labute approximate surface area is 348 Å². The van der Waals surface area contributed by atoms with Crippen LogP contribution in [0.1, 0.15) is 67.2 Å². The molecule has 0 spiro atoms. The molecule has 1 unspecified atom stereocenters. The van der Waals surface area contributed by atoms with E-state index in [4.69, 9.17) is 0 Å². The molecular formula is C44H37N11O6. The highest BCUT2D eigenvalue weighted by Crippen LogP contribution is 2.33. The summed E-state index contributed by atoms with van der Waals surface area (Å²) in [6, 6.07) is 18.1. The first kappa shape index (κ1) is 38.7. The van der Waals surface area contributed by atoms with Crippen LogP contribution in [0.5, 0.6) is 0 Å². The van der Waals surface area contributed by atoms with Crippen molar-refractivity contribution in [3.63, 3.8) is 0 Å². The molecule has 0 saturated carbocycles. The Bertz CT molecular complexity index is 2890. The van der Waals surface area contributed by atoms with Gasteiger partial charge in [0.1, 0.15) is 23.9 Å². The van der Waals surface area contributed by atoms with Crippen molar-refractivity contribution < 1.29 is 28.8 Å². The molecule has 6 heterocycles. The average Bonchev–Trinajstić information content (AvgIpc) is 3.79. The second kappa shape index (κ2) is 16.1. The van der Waals surface area contributed by atoms with Crippen LogP contribution in [0.2, 0.25) is 0 Å². The van der Waals surface area contributed by atoms with Crippen LogP contribution in [0.15, 0.2) is 85.5 Å². The van der Waals surface area contributed by atoms with Gasteiger partial charge in [0.25, 0.3) is 17.7 Å². The minimum Gasteiger partial charge on any atom is -0.353 e. The van der Waals surface area contributed by atoms with Crippen LogP contribution >= 0.6 is 0 Å². The minimum absolute atomic E-state index is 0.0135. The van der Waals surface area contributed by atoms with Crippen LogP contribution in [-0.4, -0.2) is 109 Å². The summed E-state index contributed by atoms with van der Waals surface area (Å²) >= 11 is 0. The number of piperidine rings is 1. The number of nitrogens with one attached hydrogen (secondary N) is 3. The van der Waals surface area contributed by atoms with Crippen LogP contribution in [0.3, 0.4) is 0 Å². The maximum atomic E-state index is 13.4.